The second-order valence-electron chi connectivity index (χ2n) is 6.73. The molecule has 2 aromatic carbocycles. The van der Waals surface area contributed by atoms with Crippen LogP contribution in [-0.2, 0) is 5.60 Å². The molecule has 0 unspecified atom stereocenters. The van der Waals surface area contributed by atoms with Gasteiger partial charge in [0.2, 0.25) is 0 Å². The molecule has 3 saturated heterocycles. The van der Waals surface area contributed by atoms with Crippen LogP contribution in [0.5, 0.6) is 0 Å². The van der Waals surface area contributed by atoms with Gasteiger partial charge in [0.1, 0.15) is 5.60 Å². The second kappa shape index (κ2) is 5.53. The van der Waals surface area contributed by atoms with Crippen molar-refractivity contribution in [3.63, 3.8) is 0 Å². The van der Waals surface area contributed by atoms with Crippen LogP contribution in [0.1, 0.15) is 30.4 Å². The van der Waals surface area contributed by atoms with Crippen molar-refractivity contribution in [2.75, 3.05) is 13.1 Å². The van der Waals surface area contributed by atoms with Crippen LogP contribution < -0.4 is 0 Å². The highest BCUT2D eigenvalue weighted by atomic mass is 16.3. The van der Waals surface area contributed by atoms with Gasteiger partial charge in [-0.15, -0.1) is 0 Å². The first kappa shape index (κ1) is 14.0. The molecule has 3 aliphatic heterocycles. The van der Waals surface area contributed by atoms with E-state index in [0.29, 0.717) is 0 Å². The summed E-state index contributed by atoms with van der Waals surface area (Å²) in [6, 6.07) is 20.6. The van der Waals surface area contributed by atoms with Gasteiger partial charge < -0.3 is 5.11 Å². The lowest BCUT2D eigenvalue weighted by molar-refractivity contribution is -0.0746. The maximum absolute atomic E-state index is 11.9. The van der Waals surface area contributed by atoms with Crippen LogP contribution in [0.25, 0.3) is 0 Å². The van der Waals surface area contributed by atoms with Crippen molar-refractivity contribution in [2.24, 2.45) is 5.92 Å². The quantitative estimate of drug-likeness (QED) is 0.937. The molecular formula is C20H23NO. The Bertz CT molecular complexity index is 577. The fourth-order valence-electron chi connectivity index (χ4n) is 4.34. The van der Waals surface area contributed by atoms with Crippen LogP contribution in [-0.4, -0.2) is 29.1 Å². The number of fused-ring (bicyclic) bond motifs is 3. The van der Waals surface area contributed by atoms with Crippen molar-refractivity contribution in [3.05, 3.63) is 71.8 Å². The Morgan fingerprint density at radius 2 is 1.32 bits per heavy atom. The second-order valence-corrected chi connectivity index (χ2v) is 6.73. The molecule has 3 heterocycles. The van der Waals surface area contributed by atoms with Crippen LogP contribution in [0.3, 0.4) is 0 Å². The minimum atomic E-state index is -0.915. The summed E-state index contributed by atoms with van der Waals surface area (Å²) in [5.74, 6) is 0.772. The SMILES string of the molecule is OC(c1ccccc1)(c1ccccc1)[C@@H]1CC2CCN1CC2. The van der Waals surface area contributed by atoms with Crippen LogP contribution in [0.15, 0.2) is 60.7 Å². The molecule has 0 radical (unpaired) electrons. The highest BCUT2D eigenvalue weighted by Crippen LogP contribution is 2.44. The highest BCUT2D eigenvalue weighted by molar-refractivity contribution is 5.38. The molecule has 1 N–H and O–H groups in total. The summed E-state index contributed by atoms with van der Waals surface area (Å²) in [5.41, 5.74) is 1.11. The molecule has 5 rings (SSSR count). The number of rotatable bonds is 3. The number of piperidine rings is 3. The van der Waals surface area contributed by atoms with E-state index in [1.165, 1.54) is 12.8 Å². The molecular weight excluding hydrogens is 270 g/mol. The Balaban J connectivity index is 1.82. The van der Waals surface area contributed by atoms with E-state index >= 15 is 0 Å². The predicted molar refractivity (Wildman–Crippen MR) is 88.6 cm³/mol. The summed E-state index contributed by atoms with van der Waals surface area (Å²) in [7, 11) is 0. The zero-order valence-corrected chi connectivity index (χ0v) is 12.9. The average molecular weight is 293 g/mol. The normalized spacial score (nSPS) is 27.8. The summed E-state index contributed by atoms with van der Waals surface area (Å²) in [4.78, 5) is 2.50. The molecule has 2 heteroatoms. The van der Waals surface area contributed by atoms with Crippen LogP contribution in [0.2, 0.25) is 0 Å². The maximum Gasteiger partial charge on any atom is 0.130 e. The summed E-state index contributed by atoms with van der Waals surface area (Å²) < 4.78 is 0. The number of aliphatic hydroxyl groups is 1. The van der Waals surface area contributed by atoms with E-state index in [-0.39, 0.29) is 6.04 Å². The van der Waals surface area contributed by atoms with Crippen molar-refractivity contribution in [1.29, 1.82) is 0 Å². The largest absolute Gasteiger partial charge is 0.379 e. The lowest BCUT2D eigenvalue weighted by atomic mass is 9.71. The van der Waals surface area contributed by atoms with Gasteiger partial charge in [-0.05, 0) is 49.4 Å². The highest BCUT2D eigenvalue weighted by Gasteiger charge is 2.47. The molecule has 0 spiro atoms. The topological polar surface area (TPSA) is 23.5 Å². The van der Waals surface area contributed by atoms with Gasteiger partial charge in [0, 0.05) is 6.04 Å². The van der Waals surface area contributed by atoms with Gasteiger partial charge in [-0.2, -0.15) is 0 Å². The molecule has 0 aromatic heterocycles. The summed E-state index contributed by atoms with van der Waals surface area (Å²) in [5, 5.41) is 11.9. The summed E-state index contributed by atoms with van der Waals surface area (Å²) >= 11 is 0. The fourth-order valence-corrected chi connectivity index (χ4v) is 4.34. The Morgan fingerprint density at radius 1 is 0.818 bits per heavy atom. The van der Waals surface area contributed by atoms with Crippen molar-refractivity contribution in [2.45, 2.75) is 30.9 Å². The van der Waals surface area contributed by atoms with E-state index in [0.717, 1.165) is 36.6 Å². The minimum Gasteiger partial charge on any atom is -0.379 e. The molecule has 3 aliphatic rings. The van der Waals surface area contributed by atoms with E-state index < -0.39 is 5.60 Å². The van der Waals surface area contributed by atoms with Crippen LogP contribution in [0.4, 0.5) is 0 Å². The van der Waals surface area contributed by atoms with E-state index in [1.807, 2.05) is 36.4 Å². The van der Waals surface area contributed by atoms with Crippen molar-refractivity contribution >= 4 is 0 Å². The third-order valence-electron chi connectivity index (χ3n) is 5.56. The molecule has 0 saturated carbocycles. The monoisotopic (exact) mass is 293 g/mol. The standard InChI is InChI=1S/C20H23NO/c22-20(17-7-3-1-4-8-17,18-9-5-2-6-10-18)19-15-16-11-13-21(19)14-12-16/h1-10,16,19,22H,11-15H2/t19-/m0/s1. The smallest absolute Gasteiger partial charge is 0.130 e. The lowest BCUT2D eigenvalue weighted by Crippen LogP contribution is -2.58. The third-order valence-corrected chi connectivity index (χ3v) is 5.56. The van der Waals surface area contributed by atoms with Crippen LogP contribution in [0, 0.1) is 5.92 Å². The number of benzene rings is 2. The molecule has 2 bridgehead atoms. The minimum absolute atomic E-state index is 0.185. The van der Waals surface area contributed by atoms with Crippen molar-refractivity contribution in [3.8, 4) is 0 Å². The predicted octanol–water partition coefficient (Wildman–Crippen LogP) is 3.41. The average Bonchev–Trinajstić information content (AvgIpc) is 2.63. The Kier molecular flexibility index (Phi) is 3.51. The number of nitrogens with zero attached hydrogens (tertiary/aromatic N) is 1. The first-order valence-corrected chi connectivity index (χ1v) is 8.36. The van der Waals surface area contributed by atoms with Crippen LogP contribution >= 0.6 is 0 Å². The van der Waals surface area contributed by atoms with E-state index in [9.17, 15) is 5.11 Å². The van der Waals surface area contributed by atoms with Crippen molar-refractivity contribution < 1.29 is 5.11 Å². The molecule has 1 atom stereocenters. The fraction of sp³-hybridized carbons (Fsp3) is 0.400. The van der Waals surface area contributed by atoms with Gasteiger partial charge in [0.15, 0.2) is 0 Å². The molecule has 22 heavy (non-hydrogen) atoms. The van der Waals surface area contributed by atoms with E-state index in [2.05, 4.69) is 29.2 Å². The molecule has 0 aliphatic carbocycles. The Hall–Kier alpha value is -1.64. The zero-order valence-electron chi connectivity index (χ0n) is 12.9. The lowest BCUT2D eigenvalue weighted by Gasteiger charge is -2.52. The molecule has 3 fully saturated rings. The zero-order chi connectivity index (χ0) is 15.0. The summed E-state index contributed by atoms with van der Waals surface area (Å²) in [6.07, 6.45) is 3.67. The first-order valence-electron chi connectivity index (χ1n) is 8.36. The van der Waals surface area contributed by atoms with Gasteiger partial charge in [0.05, 0.1) is 0 Å². The molecule has 2 aromatic rings. The first-order chi connectivity index (χ1) is 10.8. The van der Waals surface area contributed by atoms with Crippen molar-refractivity contribution in [1.82, 2.24) is 4.90 Å². The third kappa shape index (κ3) is 2.18. The number of hydrogen-bond donors (Lipinski definition) is 1. The van der Waals surface area contributed by atoms with Gasteiger partial charge in [-0.3, -0.25) is 4.90 Å². The van der Waals surface area contributed by atoms with Gasteiger partial charge >= 0.3 is 0 Å². The Morgan fingerprint density at radius 3 is 1.73 bits per heavy atom. The number of hydrogen-bond acceptors (Lipinski definition) is 2. The maximum atomic E-state index is 11.9. The molecule has 2 nitrogen and oxygen atoms in total. The summed E-state index contributed by atoms with van der Waals surface area (Å²) in [6.45, 7) is 2.24. The van der Waals surface area contributed by atoms with Gasteiger partial charge in [0.25, 0.3) is 0 Å². The van der Waals surface area contributed by atoms with E-state index in [1.54, 1.807) is 0 Å². The molecule has 114 valence electrons. The van der Waals surface area contributed by atoms with Gasteiger partial charge in [-0.25, -0.2) is 0 Å². The van der Waals surface area contributed by atoms with Gasteiger partial charge in [-0.1, -0.05) is 60.7 Å². The van der Waals surface area contributed by atoms with E-state index in [4.69, 9.17) is 0 Å². The molecule has 0 amide bonds. The Labute approximate surface area is 132 Å².